The molecule has 0 bridgehead atoms. The molecule has 0 radical (unpaired) electrons. The minimum Gasteiger partial charge on any atom is -0.454 e. The fourth-order valence-electron chi connectivity index (χ4n) is 2.60. The van der Waals surface area contributed by atoms with Crippen LogP contribution < -0.4 is 5.32 Å². The summed E-state index contributed by atoms with van der Waals surface area (Å²) in [4.78, 5) is 47.7. The van der Waals surface area contributed by atoms with Crippen molar-refractivity contribution in [3.05, 3.63) is 12.2 Å². The quantitative estimate of drug-likeness (QED) is 0.434. The fraction of sp³-hybridized carbons (Fsp3) is 0.571. The van der Waals surface area contributed by atoms with Crippen molar-refractivity contribution in [3.63, 3.8) is 0 Å². The largest absolute Gasteiger partial charge is 0.454 e. The molecule has 0 spiro atoms. The number of fused-ring (bicyclic) bond motifs is 1. The summed E-state index contributed by atoms with van der Waals surface area (Å²) in [6.07, 6.45) is -0.155. The van der Waals surface area contributed by atoms with E-state index in [1.165, 1.54) is 5.32 Å². The van der Waals surface area contributed by atoms with E-state index in [0.29, 0.717) is 12.8 Å². The van der Waals surface area contributed by atoms with Crippen LogP contribution in [-0.4, -0.2) is 54.5 Å². The van der Waals surface area contributed by atoms with Gasteiger partial charge in [-0.3, -0.25) is 24.1 Å². The Labute approximate surface area is 134 Å². The van der Waals surface area contributed by atoms with Crippen LogP contribution in [-0.2, 0) is 23.9 Å². The lowest BCUT2D eigenvalue weighted by Gasteiger charge is -2.14. The molecule has 24 heavy (non-hydrogen) atoms. The second-order valence-corrected chi connectivity index (χ2v) is 5.47. The zero-order valence-corrected chi connectivity index (χ0v) is 12.5. The fourth-order valence-corrected chi connectivity index (χ4v) is 2.60. The van der Waals surface area contributed by atoms with E-state index in [0.717, 1.165) is 4.90 Å². The van der Waals surface area contributed by atoms with Crippen LogP contribution in [0.15, 0.2) is 12.2 Å². The van der Waals surface area contributed by atoms with Gasteiger partial charge in [0.25, 0.3) is 5.91 Å². The van der Waals surface area contributed by atoms with Gasteiger partial charge in [-0.05, 0) is 12.8 Å². The Bertz CT molecular complexity index is 561. The highest BCUT2D eigenvalue weighted by Crippen LogP contribution is 2.34. The van der Waals surface area contributed by atoms with E-state index < -0.39 is 61.4 Å². The summed E-state index contributed by atoms with van der Waals surface area (Å²) in [5.74, 6) is -4.11. The maximum atomic E-state index is 12.1. The summed E-state index contributed by atoms with van der Waals surface area (Å²) in [5, 5.41) is 1.53. The number of imide groups is 1. The van der Waals surface area contributed by atoms with Crippen LogP contribution in [0.1, 0.15) is 12.8 Å². The molecule has 2 aliphatic rings. The summed E-state index contributed by atoms with van der Waals surface area (Å²) in [7, 11) is 0. The molecule has 7 nitrogen and oxygen atoms in total. The molecule has 1 N–H and O–H groups in total. The Hall–Kier alpha value is -2.39. The second-order valence-electron chi connectivity index (χ2n) is 5.47. The van der Waals surface area contributed by atoms with Crippen LogP contribution in [0.2, 0.25) is 0 Å². The smallest absolute Gasteiger partial charge is 0.405 e. The molecule has 1 aliphatic heterocycles. The highest BCUT2D eigenvalue weighted by atomic mass is 19.4. The van der Waals surface area contributed by atoms with E-state index in [4.69, 9.17) is 0 Å². The number of esters is 1. The van der Waals surface area contributed by atoms with E-state index in [2.05, 4.69) is 4.74 Å². The van der Waals surface area contributed by atoms with Crippen LogP contribution in [0.4, 0.5) is 13.2 Å². The van der Waals surface area contributed by atoms with Gasteiger partial charge in [0.05, 0.1) is 11.8 Å². The molecule has 1 aliphatic carbocycles. The van der Waals surface area contributed by atoms with Gasteiger partial charge >= 0.3 is 12.1 Å². The Morgan fingerprint density at radius 2 is 1.71 bits per heavy atom. The van der Waals surface area contributed by atoms with Crippen LogP contribution in [0.25, 0.3) is 0 Å². The Morgan fingerprint density at radius 1 is 1.17 bits per heavy atom. The molecule has 1 saturated heterocycles. The minimum absolute atomic E-state index is 0.417. The number of amides is 3. The topological polar surface area (TPSA) is 92.8 Å². The van der Waals surface area contributed by atoms with Gasteiger partial charge < -0.3 is 10.1 Å². The average Bonchev–Trinajstić information content (AvgIpc) is 2.76. The molecule has 0 unspecified atom stereocenters. The zero-order valence-electron chi connectivity index (χ0n) is 12.5. The van der Waals surface area contributed by atoms with Crippen molar-refractivity contribution >= 4 is 23.7 Å². The number of allylic oxidation sites excluding steroid dienone is 2. The van der Waals surface area contributed by atoms with Crippen molar-refractivity contribution in [1.82, 2.24) is 10.2 Å². The third-order valence-electron chi connectivity index (χ3n) is 3.74. The molecule has 10 heteroatoms. The van der Waals surface area contributed by atoms with Crippen LogP contribution in [0.5, 0.6) is 0 Å². The van der Waals surface area contributed by atoms with Crippen molar-refractivity contribution in [2.45, 2.75) is 19.0 Å². The Morgan fingerprint density at radius 3 is 2.21 bits per heavy atom. The number of nitrogens with one attached hydrogen (secondary N) is 1. The number of nitrogens with zero attached hydrogens (tertiary/aromatic N) is 1. The maximum Gasteiger partial charge on any atom is 0.405 e. The lowest BCUT2D eigenvalue weighted by atomic mass is 9.85. The maximum absolute atomic E-state index is 12.1. The van der Waals surface area contributed by atoms with Crippen molar-refractivity contribution in [3.8, 4) is 0 Å². The summed E-state index contributed by atoms with van der Waals surface area (Å²) in [6, 6.07) is 0. The number of alkyl halides is 3. The van der Waals surface area contributed by atoms with Gasteiger partial charge in [0.15, 0.2) is 6.61 Å². The molecule has 0 aromatic carbocycles. The predicted molar refractivity (Wildman–Crippen MR) is 72.1 cm³/mol. The predicted octanol–water partition coefficient (Wildman–Crippen LogP) is 0.159. The van der Waals surface area contributed by atoms with Crippen LogP contribution in [0.3, 0.4) is 0 Å². The van der Waals surface area contributed by atoms with E-state index >= 15 is 0 Å². The SMILES string of the molecule is O=C(COC(=O)CN1C(=O)[C@H]2CC=CC[C@@H]2C1=O)NCC(F)(F)F. The molecule has 2 atom stereocenters. The summed E-state index contributed by atoms with van der Waals surface area (Å²) < 4.78 is 40.2. The van der Waals surface area contributed by atoms with E-state index in [9.17, 15) is 32.3 Å². The number of carbonyl (C=O) groups excluding carboxylic acids is 4. The lowest BCUT2D eigenvalue weighted by Crippen LogP contribution is -2.39. The van der Waals surface area contributed by atoms with Gasteiger partial charge in [0.2, 0.25) is 11.8 Å². The third-order valence-corrected chi connectivity index (χ3v) is 3.74. The molecule has 0 aromatic heterocycles. The second kappa shape index (κ2) is 7.02. The first-order chi connectivity index (χ1) is 11.2. The van der Waals surface area contributed by atoms with Gasteiger partial charge in [0, 0.05) is 0 Å². The van der Waals surface area contributed by atoms with Crippen LogP contribution >= 0.6 is 0 Å². The first-order valence-electron chi connectivity index (χ1n) is 7.18. The number of hydrogen-bond donors (Lipinski definition) is 1. The molecular weight excluding hydrogens is 333 g/mol. The Balaban J connectivity index is 1.79. The molecule has 1 heterocycles. The summed E-state index contributed by atoms with van der Waals surface area (Å²) in [5.41, 5.74) is 0. The highest BCUT2D eigenvalue weighted by molar-refractivity contribution is 6.07. The molecular formula is C14H15F3N2O5. The highest BCUT2D eigenvalue weighted by Gasteiger charge is 2.47. The molecule has 132 valence electrons. The van der Waals surface area contributed by atoms with E-state index in [1.54, 1.807) is 12.2 Å². The number of rotatable bonds is 5. The number of hydrogen-bond acceptors (Lipinski definition) is 5. The number of likely N-dealkylation sites (tertiary alicyclic amines) is 1. The standard InChI is InChI=1S/C14H15F3N2O5/c15-14(16,17)7-18-10(20)6-24-11(21)5-19-12(22)8-3-1-2-4-9(8)13(19)23/h1-2,8-9H,3-7H2,(H,18,20)/t8-,9-/m0/s1. The lowest BCUT2D eigenvalue weighted by molar-refractivity contribution is -0.156. The number of carbonyl (C=O) groups is 4. The molecule has 1 fully saturated rings. The van der Waals surface area contributed by atoms with Crippen molar-refractivity contribution in [2.75, 3.05) is 19.7 Å². The zero-order chi connectivity index (χ0) is 17.9. The third kappa shape index (κ3) is 4.33. The van der Waals surface area contributed by atoms with E-state index in [-0.39, 0.29) is 0 Å². The average molecular weight is 348 g/mol. The first kappa shape index (κ1) is 18.0. The van der Waals surface area contributed by atoms with Gasteiger partial charge in [-0.15, -0.1) is 0 Å². The molecule has 0 saturated carbocycles. The summed E-state index contributed by atoms with van der Waals surface area (Å²) >= 11 is 0. The van der Waals surface area contributed by atoms with Crippen molar-refractivity contribution in [1.29, 1.82) is 0 Å². The molecule has 0 aromatic rings. The van der Waals surface area contributed by atoms with Crippen LogP contribution in [0, 0.1) is 11.8 Å². The van der Waals surface area contributed by atoms with Gasteiger partial charge in [-0.1, -0.05) is 12.2 Å². The van der Waals surface area contributed by atoms with Crippen molar-refractivity contribution < 1.29 is 37.1 Å². The number of ether oxygens (including phenoxy) is 1. The van der Waals surface area contributed by atoms with Gasteiger partial charge in [0.1, 0.15) is 13.1 Å². The normalized spacial score (nSPS) is 23.2. The Kier molecular flexibility index (Phi) is 5.25. The van der Waals surface area contributed by atoms with Gasteiger partial charge in [-0.25, -0.2) is 0 Å². The van der Waals surface area contributed by atoms with Crippen molar-refractivity contribution in [2.24, 2.45) is 11.8 Å². The molecule has 3 amide bonds. The van der Waals surface area contributed by atoms with E-state index in [1.807, 2.05) is 0 Å². The summed E-state index contributed by atoms with van der Waals surface area (Å²) in [6.45, 7) is -3.11. The monoisotopic (exact) mass is 348 g/mol. The minimum atomic E-state index is -4.57. The van der Waals surface area contributed by atoms with Gasteiger partial charge in [-0.2, -0.15) is 13.2 Å². The number of halogens is 3. The first-order valence-corrected chi connectivity index (χ1v) is 7.18. The molecule has 2 rings (SSSR count).